The molecule has 5 nitrogen and oxygen atoms in total. The van der Waals surface area contributed by atoms with Gasteiger partial charge in [-0.15, -0.1) is 0 Å². The fourth-order valence-corrected chi connectivity index (χ4v) is 1.36. The molecule has 24 heavy (non-hydrogen) atoms. The van der Waals surface area contributed by atoms with Crippen molar-refractivity contribution >= 4 is 23.9 Å². The molecule has 0 saturated carbocycles. The molecule has 0 aromatic heterocycles. The van der Waals surface area contributed by atoms with Crippen molar-refractivity contribution in [3.8, 4) is 0 Å². The number of hydrogen-bond acceptors (Lipinski definition) is 4. The summed E-state index contributed by atoms with van der Waals surface area (Å²) in [6.07, 6.45) is 0.835. The largest absolute Gasteiger partial charge is 0.461 e. The van der Waals surface area contributed by atoms with Crippen molar-refractivity contribution in [1.82, 2.24) is 0 Å². The van der Waals surface area contributed by atoms with Crippen LogP contribution in [0.15, 0.2) is 24.3 Å². The highest BCUT2D eigenvalue weighted by Gasteiger charge is 2.07. The van der Waals surface area contributed by atoms with E-state index in [4.69, 9.17) is 4.74 Å². The molecule has 0 aliphatic rings. The molecule has 1 aromatic rings. The second kappa shape index (κ2) is 20.8. The van der Waals surface area contributed by atoms with Gasteiger partial charge in [0.1, 0.15) is 12.4 Å². The van der Waals surface area contributed by atoms with Gasteiger partial charge in [0.2, 0.25) is 6.41 Å². The summed E-state index contributed by atoms with van der Waals surface area (Å²) in [5, 5.41) is 2.52. The van der Waals surface area contributed by atoms with Crippen molar-refractivity contribution in [3.05, 3.63) is 29.8 Å². The molecule has 0 heterocycles. The van der Waals surface area contributed by atoms with Crippen molar-refractivity contribution in [1.29, 1.82) is 0 Å². The summed E-state index contributed by atoms with van der Waals surface area (Å²) in [4.78, 5) is 32.4. The second-order valence-electron chi connectivity index (χ2n) is 3.78. The number of benzene rings is 1. The standard InChI is InChI=1S/C13H15NO4.3C2H6/c1-10(16)6-7-13(17)18-8-11-4-2-3-5-12(11)14-9-15;3*1-2/h2-5,9H,6-8H2,1H3,(H,14,15);3*1-2H3. The Balaban J connectivity index is -0.000000659. The number of rotatable bonds is 7. The van der Waals surface area contributed by atoms with Crippen LogP contribution < -0.4 is 5.32 Å². The average Bonchev–Trinajstić information content (AvgIpc) is 2.64. The molecular formula is C19H33NO4. The zero-order chi connectivity index (χ0) is 19.4. The number of anilines is 1. The molecule has 1 aromatic carbocycles. The van der Waals surface area contributed by atoms with Gasteiger partial charge in [-0.3, -0.25) is 9.59 Å². The number of para-hydroxylation sites is 1. The Kier molecular flexibility index (Phi) is 23.2. The first-order valence-electron chi connectivity index (χ1n) is 8.56. The van der Waals surface area contributed by atoms with Gasteiger partial charge < -0.3 is 14.8 Å². The van der Waals surface area contributed by atoms with Crippen LogP contribution in [0.4, 0.5) is 5.69 Å². The van der Waals surface area contributed by atoms with E-state index in [0.717, 1.165) is 0 Å². The zero-order valence-corrected chi connectivity index (χ0v) is 16.1. The Morgan fingerprint density at radius 2 is 1.54 bits per heavy atom. The van der Waals surface area contributed by atoms with E-state index in [1.807, 2.05) is 41.5 Å². The van der Waals surface area contributed by atoms with Gasteiger partial charge in [0.05, 0.1) is 6.42 Å². The predicted octanol–water partition coefficient (Wildman–Crippen LogP) is 4.75. The number of ether oxygens (including phenoxy) is 1. The lowest BCUT2D eigenvalue weighted by Gasteiger charge is -2.08. The quantitative estimate of drug-likeness (QED) is 0.575. The number of hydrogen-bond donors (Lipinski definition) is 1. The van der Waals surface area contributed by atoms with E-state index in [9.17, 15) is 14.4 Å². The molecule has 0 spiro atoms. The number of carbonyl (C=O) groups is 3. The molecule has 0 saturated heterocycles. The molecule has 138 valence electrons. The summed E-state index contributed by atoms with van der Waals surface area (Å²) in [7, 11) is 0. The fraction of sp³-hybridized carbons (Fsp3) is 0.526. The Labute approximate surface area is 146 Å². The average molecular weight is 339 g/mol. The molecule has 0 aliphatic carbocycles. The molecule has 0 fully saturated rings. The Bertz CT molecular complexity index is 445. The minimum absolute atomic E-state index is 0.0463. The van der Waals surface area contributed by atoms with Crippen LogP contribution in [0.3, 0.4) is 0 Å². The highest BCUT2D eigenvalue weighted by Crippen LogP contribution is 2.15. The first-order valence-corrected chi connectivity index (χ1v) is 8.56. The smallest absolute Gasteiger partial charge is 0.306 e. The molecule has 0 aliphatic heterocycles. The molecule has 1 amide bonds. The third-order valence-corrected chi connectivity index (χ3v) is 2.30. The van der Waals surface area contributed by atoms with Gasteiger partial charge >= 0.3 is 5.97 Å². The van der Waals surface area contributed by atoms with Gasteiger partial charge in [0.25, 0.3) is 0 Å². The fourth-order valence-electron chi connectivity index (χ4n) is 1.36. The highest BCUT2D eigenvalue weighted by molar-refractivity contribution is 5.81. The third-order valence-electron chi connectivity index (χ3n) is 2.30. The number of nitrogens with one attached hydrogen (secondary N) is 1. The Hall–Kier alpha value is -2.17. The van der Waals surface area contributed by atoms with Crippen LogP contribution in [0.5, 0.6) is 0 Å². The highest BCUT2D eigenvalue weighted by atomic mass is 16.5. The summed E-state index contributed by atoms with van der Waals surface area (Å²) in [6.45, 7) is 13.5. The zero-order valence-electron chi connectivity index (χ0n) is 16.1. The predicted molar refractivity (Wildman–Crippen MR) is 99.9 cm³/mol. The maximum Gasteiger partial charge on any atom is 0.306 e. The molecular weight excluding hydrogens is 306 g/mol. The van der Waals surface area contributed by atoms with E-state index in [-0.39, 0.29) is 25.2 Å². The summed E-state index contributed by atoms with van der Waals surface area (Å²) in [5.41, 5.74) is 1.31. The molecule has 0 atom stereocenters. The Morgan fingerprint density at radius 3 is 2.04 bits per heavy atom. The van der Waals surface area contributed by atoms with E-state index in [2.05, 4.69) is 5.32 Å². The number of Topliss-reactive ketones (excluding diaryl/α,β-unsaturated/α-hetero) is 1. The van der Waals surface area contributed by atoms with Crippen molar-refractivity contribution in [2.75, 3.05) is 5.32 Å². The molecule has 5 heteroatoms. The lowest BCUT2D eigenvalue weighted by molar-refractivity contribution is -0.145. The van der Waals surface area contributed by atoms with Crippen molar-refractivity contribution in [3.63, 3.8) is 0 Å². The van der Waals surface area contributed by atoms with Gasteiger partial charge in [0.15, 0.2) is 0 Å². The van der Waals surface area contributed by atoms with Crippen LogP contribution >= 0.6 is 0 Å². The van der Waals surface area contributed by atoms with Crippen LogP contribution in [0, 0.1) is 0 Å². The summed E-state index contributed by atoms with van der Waals surface area (Å²) in [5.74, 6) is -0.471. The van der Waals surface area contributed by atoms with Crippen LogP contribution in [0.1, 0.15) is 66.9 Å². The van der Waals surface area contributed by atoms with E-state index in [1.54, 1.807) is 24.3 Å². The third kappa shape index (κ3) is 14.8. The van der Waals surface area contributed by atoms with Crippen LogP contribution in [-0.2, 0) is 25.7 Å². The van der Waals surface area contributed by atoms with Gasteiger partial charge in [-0.25, -0.2) is 0 Å². The number of esters is 1. The second-order valence-corrected chi connectivity index (χ2v) is 3.78. The number of carbonyl (C=O) groups excluding carboxylic acids is 3. The molecule has 1 rings (SSSR count). The summed E-state index contributed by atoms with van der Waals surface area (Å²) < 4.78 is 5.02. The molecule has 0 bridgehead atoms. The Morgan fingerprint density at radius 1 is 1.00 bits per heavy atom. The van der Waals surface area contributed by atoms with E-state index in [0.29, 0.717) is 17.7 Å². The number of amides is 1. The summed E-state index contributed by atoms with van der Waals surface area (Å²) >= 11 is 0. The van der Waals surface area contributed by atoms with Crippen molar-refractivity contribution < 1.29 is 19.1 Å². The van der Waals surface area contributed by atoms with Crippen LogP contribution in [-0.4, -0.2) is 18.2 Å². The van der Waals surface area contributed by atoms with E-state index in [1.165, 1.54) is 6.92 Å². The van der Waals surface area contributed by atoms with Crippen molar-refractivity contribution in [2.45, 2.75) is 67.9 Å². The van der Waals surface area contributed by atoms with E-state index < -0.39 is 5.97 Å². The molecule has 1 N–H and O–H groups in total. The van der Waals surface area contributed by atoms with E-state index >= 15 is 0 Å². The lowest BCUT2D eigenvalue weighted by Crippen LogP contribution is -2.08. The molecule has 0 radical (unpaired) electrons. The maximum atomic E-state index is 11.3. The monoisotopic (exact) mass is 339 g/mol. The minimum Gasteiger partial charge on any atom is -0.461 e. The SMILES string of the molecule is CC.CC.CC.CC(=O)CCC(=O)OCc1ccccc1NC=O. The van der Waals surface area contributed by atoms with Gasteiger partial charge in [-0.2, -0.15) is 0 Å². The van der Waals surface area contributed by atoms with Gasteiger partial charge in [-0.1, -0.05) is 59.7 Å². The van der Waals surface area contributed by atoms with Crippen molar-refractivity contribution in [2.24, 2.45) is 0 Å². The first-order chi connectivity index (χ1) is 11.6. The number of ketones is 1. The maximum absolute atomic E-state index is 11.3. The normalized spacial score (nSPS) is 7.96. The minimum atomic E-state index is -0.425. The topological polar surface area (TPSA) is 72.5 Å². The van der Waals surface area contributed by atoms with Crippen LogP contribution in [0.25, 0.3) is 0 Å². The lowest BCUT2D eigenvalue weighted by atomic mass is 10.2. The summed E-state index contributed by atoms with van der Waals surface area (Å²) in [6, 6.07) is 7.03. The van der Waals surface area contributed by atoms with Crippen LogP contribution in [0.2, 0.25) is 0 Å². The first kappa shape index (κ1) is 26.7. The molecule has 0 unspecified atom stereocenters. The van der Waals surface area contributed by atoms with Gasteiger partial charge in [-0.05, 0) is 13.0 Å². The van der Waals surface area contributed by atoms with Gasteiger partial charge in [0, 0.05) is 17.7 Å².